The minimum Gasteiger partial charge on any atom is -0.487 e. The van der Waals surface area contributed by atoms with Crippen molar-refractivity contribution < 1.29 is 9.13 Å². The number of halogens is 1. The molecule has 1 unspecified atom stereocenters. The van der Waals surface area contributed by atoms with E-state index >= 15 is 0 Å². The maximum Gasteiger partial charge on any atom is 0.204 e. The number of H-pyrrole nitrogens is 1. The van der Waals surface area contributed by atoms with E-state index in [2.05, 4.69) is 76.7 Å². The number of hydrogen-bond donors (Lipinski definition) is 1. The van der Waals surface area contributed by atoms with Crippen LogP contribution in [0, 0.1) is 11.2 Å². The van der Waals surface area contributed by atoms with Gasteiger partial charge in [-0.2, -0.15) is 5.21 Å². The van der Waals surface area contributed by atoms with Gasteiger partial charge in [-0.25, -0.2) is 9.37 Å². The topological polar surface area (TPSA) is 76.6 Å². The lowest BCUT2D eigenvalue weighted by atomic mass is 9.71. The first kappa shape index (κ1) is 22.7. The zero-order valence-corrected chi connectivity index (χ0v) is 19.9. The second-order valence-corrected chi connectivity index (χ2v) is 9.62. The fraction of sp³-hybridized carbons (Fsp3) is 0.214. The van der Waals surface area contributed by atoms with Crippen molar-refractivity contribution in [1.82, 2.24) is 25.6 Å². The first-order valence-electron chi connectivity index (χ1n) is 11.5. The van der Waals surface area contributed by atoms with Crippen LogP contribution in [0.2, 0.25) is 0 Å². The molecule has 0 saturated carbocycles. The van der Waals surface area contributed by atoms with Gasteiger partial charge in [0.25, 0.3) is 0 Å². The minimum atomic E-state index is -0.274. The van der Waals surface area contributed by atoms with Gasteiger partial charge < -0.3 is 4.74 Å². The van der Waals surface area contributed by atoms with E-state index in [-0.39, 0.29) is 17.2 Å². The monoisotopic (exact) mass is 467 g/mol. The Morgan fingerprint density at radius 2 is 1.77 bits per heavy atom. The Hall–Kier alpha value is -4.13. The Balaban J connectivity index is 1.51. The summed E-state index contributed by atoms with van der Waals surface area (Å²) in [5.41, 5.74) is 4.57. The van der Waals surface area contributed by atoms with Crippen LogP contribution in [-0.2, 0) is 6.61 Å². The van der Waals surface area contributed by atoms with Crippen molar-refractivity contribution in [3.05, 3.63) is 102 Å². The van der Waals surface area contributed by atoms with Gasteiger partial charge in [0.15, 0.2) is 0 Å². The van der Waals surface area contributed by atoms with Crippen LogP contribution in [0.3, 0.4) is 0 Å². The second-order valence-electron chi connectivity index (χ2n) is 9.62. The van der Waals surface area contributed by atoms with E-state index in [4.69, 9.17) is 4.74 Å². The third kappa shape index (κ3) is 4.89. The number of nitrogens with one attached hydrogen (secondary N) is 1. The molecule has 1 atom stereocenters. The molecule has 2 aromatic heterocycles. The van der Waals surface area contributed by atoms with Gasteiger partial charge in [-0.3, -0.25) is 0 Å². The molecule has 0 aliphatic carbocycles. The predicted molar refractivity (Wildman–Crippen MR) is 133 cm³/mol. The molecule has 0 radical (unpaired) electrons. The number of aromatic nitrogens is 5. The second kappa shape index (κ2) is 9.25. The Morgan fingerprint density at radius 1 is 0.943 bits per heavy atom. The van der Waals surface area contributed by atoms with Crippen molar-refractivity contribution >= 4 is 10.9 Å². The maximum absolute atomic E-state index is 13.5. The Kier molecular flexibility index (Phi) is 5.99. The number of rotatable bonds is 6. The number of tetrazole rings is 1. The molecule has 3 aromatic carbocycles. The first-order valence-corrected chi connectivity index (χ1v) is 11.5. The smallest absolute Gasteiger partial charge is 0.204 e. The molecule has 2 heterocycles. The van der Waals surface area contributed by atoms with E-state index in [1.54, 1.807) is 6.07 Å². The van der Waals surface area contributed by atoms with Crippen LogP contribution >= 0.6 is 0 Å². The quantitative estimate of drug-likeness (QED) is 0.317. The summed E-state index contributed by atoms with van der Waals surface area (Å²) < 4.78 is 19.7. The summed E-state index contributed by atoms with van der Waals surface area (Å²) in [5, 5.41) is 15.6. The highest BCUT2D eigenvalue weighted by atomic mass is 19.1. The van der Waals surface area contributed by atoms with Gasteiger partial charge in [0.05, 0.1) is 11.2 Å². The number of hydrogen-bond acceptors (Lipinski definition) is 5. The molecule has 0 saturated heterocycles. The molecule has 0 aliphatic heterocycles. The van der Waals surface area contributed by atoms with E-state index < -0.39 is 0 Å². The molecular weight excluding hydrogens is 441 g/mol. The molecular formula is C28H26FN5O. The van der Waals surface area contributed by atoms with Crippen LogP contribution in [-0.4, -0.2) is 25.6 Å². The van der Waals surface area contributed by atoms with Crippen molar-refractivity contribution in [3.8, 4) is 17.1 Å². The highest BCUT2D eigenvalue weighted by Gasteiger charge is 2.31. The number of ether oxygens (including phenoxy) is 1. The molecule has 0 spiro atoms. The molecule has 0 bridgehead atoms. The summed E-state index contributed by atoms with van der Waals surface area (Å²) in [5.74, 6) is 1.05. The molecule has 5 rings (SSSR count). The van der Waals surface area contributed by atoms with Crippen molar-refractivity contribution in [1.29, 1.82) is 0 Å². The van der Waals surface area contributed by atoms with Gasteiger partial charge in [0.2, 0.25) is 5.82 Å². The summed E-state index contributed by atoms with van der Waals surface area (Å²) in [6, 6.07) is 24.7. The highest BCUT2D eigenvalue weighted by molar-refractivity contribution is 5.78. The number of aromatic amines is 1. The van der Waals surface area contributed by atoms with Gasteiger partial charge >= 0.3 is 0 Å². The predicted octanol–water partition coefficient (Wildman–Crippen LogP) is 6.31. The third-order valence-corrected chi connectivity index (χ3v) is 6.01. The van der Waals surface area contributed by atoms with Gasteiger partial charge in [-0.1, -0.05) is 57.2 Å². The molecule has 7 heteroatoms. The van der Waals surface area contributed by atoms with Crippen LogP contribution in [0.1, 0.15) is 43.5 Å². The molecule has 0 amide bonds. The lowest BCUT2D eigenvalue weighted by molar-refractivity contribution is 0.300. The molecule has 35 heavy (non-hydrogen) atoms. The minimum absolute atomic E-state index is 0.0643. The molecule has 5 aromatic rings. The van der Waals surface area contributed by atoms with Crippen molar-refractivity contribution in [2.75, 3.05) is 0 Å². The van der Waals surface area contributed by atoms with E-state index in [9.17, 15) is 4.39 Å². The van der Waals surface area contributed by atoms with Crippen molar-refractivity contribution in [2.45, 2.75) is 33.3 Å². The average molecular weight is 468 g/mol. The van der Waals surface area contributed by atoms with Gasteiger partial charge in [-0.05, 0) is 64.2 Å². The van der Waals surface area contributed by atoms with Crippen LogP contribution in [0.25, 0.3) is 22.3 Å². The fourth-order valence-corrected chi connectivity index (χ4v) is 4.52. The highest BCUT2D eigenvalue weighted by Crippen LogP contribution is 2.44. The summed E-state index contributed by atoms with van der Waals surface area (Å²) in [7, 11) is 0. The van der Waals surface area contributed by atoms with Crippen molar-refractivity contribution in [2.24, 2.45) is 5.41 Å². The molecule has 1 N–H and O–H groups in total. The summed E-state index contributed by atoms with van der Waals surface area (Å²) in [6.45, 7) is 6.96. The van der Waals surface area contributed by atoms with Crippen LogP contribution in [0.5, 0.6) is 5.75 Å². The molecule has 176 valence electrons. The van der Waals surface area contributed by atoms with Crippen LogP contribution < -0.4 is 4.74 Å². The lowest BCUT2D eigenvalue weighted by Gasteiger charge is -2.33. The molecule has 0 aliphatic rings. The SMILES string of the molecule is CC(C)(C)C(c1ccccc1)c1cc(OCc2ccc3cc(F)ccc3n2)ccc1-c1nn[nH]n1. The van der Waals surface area contributed by atoms with Crippen LogP contribution in [0.4, 0.5) is 4.39 Å². The standard InChI is InChI=1S/C28H26FN5O/c1-28(2,3)26(18-7-5-4-6-8-18)24-16-22(12-13-23(24)27-31-33-34-32-27)35-17-21-11-9-19-15-20(29)10-14-25(19)30-21/h4-16,26H,17H2,1-3H3,(H,31,32,33,34). The number of fused-ring (bicyclic) bond motifs is 1. The zero-order chi connectivity index (χ0) is 24.4. The van der Waals surface area contributed by atoms with Gasteiger partial charge in [-0.15, -0.1) is 10.2 Å². The van der Waals surface area contributed by atoms with Gasteiger partial charge in [0.1, 0.15) is 18.2 Å². The fourth-order valence-electron chi connectivity index (χ4n) is 4.52. The van der Waals surface area contributed by atoms with Crippen LogP contribution in [0.15, 0.2) is 78.9 Å². The Labute approximate surface area is 203 Å². The largest absolute Gasteiger partial charge is 0.487 e. The van der Waals surface area contributed by atoms with Gasteiger partial charge in [0, 0.05) is 16.9 Å². The molecule has 6 nitrogen and oxygen atoms in total. The first-order chi connectivity index (χ1) is 16.9. The zero-order valence-electron chi connectivity index (χ0n) is 19.9. The number of pyridine rings is 1. The summed E-state index contributed by atoms with van der Waals surface area (Å²) in [4.78, 5) is 4.61. The van der Waals surface area contributed by atoms with E-state index in [0.717, 1.165) is 33.5 Å². The number of benzene rings is 3. The van der Waals surface area contributed by atoms with E-state index in [1.165, 1.54) is 17.7 Å². The maximum atomic E-state index is 13.5. The lowest BCUT2D eigenvalue weighted by Crippen LogP contribution is -2.20. The third-order valence-electron chi connectivity index (χ3n) is 6.01. The summed E-state index contributed by atoms with van der Waals surface area (Å²) in [6.07, 6.45) is 0. The Bertz CT molecular complexity index is 1450. The summed E-state index contributed by atoms with van der Waals surface area (Å²) >= 11 is 0. The average Bonchev–Trinajstić information content (AvgIpc) is 3.37. The number of nitrogens with zero attached hydrogens (tertiary/aromatic N) is 4. The van der Waals surface area contributed by atoms with Crippen molar-refractivity contribution in [3.63, 3.8) is 0 Å². The molecule has 0 fully saturated rings. The Morgan fingerprint density at radius 3 is 2.51 bits per heavy atom. The van der Waals surface area contributed by atoms with E-state index in [1.807, 2.05) is 30.3 Å². The van der Waals surface area contributed by atoms with E-state index in [0.29, 0.717) is 12.4 Å². The normalized spacial score (nSPS) is 12.6.